The molecule has 0 saturated carbocycles. The van der Waals surface area contributed by atoms with E-state index in [1.165, 1.54) is 15.2 Å². The molecule has 112 valence electrons. The summed E-state index contributed by atoms with van der Waals surface area (Å²) in [4.78, 5) is 24.4. The molecule has 2 aromatic rings. The summed E-state index contributed by atoms with van der Waals surface area (Å²) in [6.45, 7) is 1.63. The van der Waals surface area contributed by atoms with Crippen molar-refractivity contribution in [2.45, 2.75) is 32.0 Å². The molecule has 2 atom stereocenters. The highest BCUT2D eigenvalue weighted by Crippen LogP contribution is 2.25. The zero-order valence-electron chi connectivity index (χ0n) is 11.8. The van der Waals surface area contributed by atoms with Crippen molar-refractivity contribution in [1.82, 2.24) is 14.5 Å². The minimum atomic E-state index is -0.890. The lowest BCUT2D eigenvalue weighted by Gasteiger charge is -2.26. The molecule has 6 nitrogen and oxygen atoms in total. The second-order valence-electron chi connectivity index (χ2n) is 5.42. The summed E-state index contributed by atoms with van der Waals surface area (Å²) in [5, 5.41) is 11.8. The quantitative estimate of drug-likeness (QED) is 0.806. The first-order chi connectivity index (χ1) is 9.90. The number of hydrogen-bond donors (Lipinski definition) is 2. The number of aromatic nitrogens is 2. The zero-order valence-corrected chi connectivity index (χ0v) is 11.8. The van der Waals surface area contributed by atoms with Gasteiger partial charge in [-0.1, -0.05) is 0 Å². The van der Waals surface area contributed by atoms with Crippen LogP contribution in [0.4, 0.5) is 4.39 Å². The molecular weight excluding hydrogens is 277 g/mol. The molecule has 0 aliphatic carbocycles. The third-order valence-electron chi connectivity index (χ3n) is 4.01. The van der Waals surface area contributed by atoms with Gasteiger partial charge in [-0.25, -0.2) is 9.18 Å². The second-order valence-corrected chi connectivity index (χ2v) is 5.42. The van der Waals surface area contributed by atoms with E-state index in [9.17, 15) is 19.1 Å². The van der Waals surface area contributed by atoms with Gasteiger partial charge in [0.25, 0.3) is 0 Å². The van der Waals surface area contributed by atoms with Gasteiger partial charge >= 0.3 is 5.69 Å². The summed E-state index contributed by atoms with van der Waals surface area (Å²) < 4.78 is 16.5. The first-order valence-corrected chi connectivity index (χ1v) is 6.75. The lowest BCUT2D eigenvalue weighted by Crippen LogP contribution is -2.46. The summed E-state index contributed by atoms with van der Waals surface area (Å²) in [7, 11) is 1.59. The molecule has 0 bridgehead atoms. The highest BCUT2D eigenvalue weighted by atomic mass is 19.1. The molecule has 7 heteroatoms. The number of rotatable bonds is 1. The molecule has 0 radical (unpaired) electrons. The Labute approximate surface area is 119 Å². The van der Waals surface area contributed by atoms with Crippen LogP contribution in [0.5, 0.6) is 0 Å². The minimum Gasteiger partial charge on any atom is -0.374 e. The van der Waals surface area contributed by atoms with Crippen molar-refractivity contribution in [3.8, 4) is 0 Å². The molecule has 1 aromatic heterocycles. The fraction of sp³-hybridized carbons (Fsp3) is 0.429. The zero-order chi connectivity index (χ0) is 15.3. The van der Waals surface area contributed by atoms with Gasteiger partial charge in [0.05, 0.1) is 11.0 Å². The molecule has 1 saturated heterocycles. The number of nitrogens with zero attached hydrogens (tertiary/aromatic N) is 2. The standard InChI is InChI=1S/C14H16FN3O3/c1-7-5-10-11(6-8(7)15)18(14(21)17(10)2)9-3-4-12(19)16-13(9)20/h5-6,9,12,19H,3-4H2,1-2H3,(H,16,20)/t9-,12?/m1/s1. The molecule has 1 fully saturated rings. The van der Waals surface area contributed by atoms with Crippen LogP contribution in [0.1, 0.15) is 24.4 Å². The van der Waals surface area contributed by atoms with E-state index in [1.54, 1.807) is 20.0 Å². The van der Waals surface area contributed by atoms with Crippen LogP contribution < -0.4 is 11.0 Å². The van der Waals surface area contributed by atoms with Crippen molar-refractivity contribution < 1.29 is 14.3 Å². The molecule has 2 heterocycles. The van der Waals surface area contributed by atoms with Crippen LogP contribution in [-0.4, -0.2) is 26.4 Å². The van der Waals surface area contributed by atoms with E-state index in [1.807, 2.05) is 0 Å². The number of benzene rings is 1. The number of hydrogen-bond acceptors (Lipinski definition) is 3. The van der Waals surface area contributed by atoms with Gasteiger partial charge in [-0.05, 0) is 31.4 Å². The molecule has 0 spiro atoms. The number of aliphatic hydroxyl groups excluding tert-OH is 1. The lowest BCUT2D eigenvalue weighted by molar-refractivity contribution is -0.130. The van der Waals surface area contributed by atoms with Crippen LogP contribution in [0, 0.1) is 12.7 Å². The number of imidazole rings is 1. The van der Waals surface area contributed by atoms with E-state index in [0.29, 0.717) is 29.4 Å². The summed E-state index contributed by atoms with van der Waals surface area (Å²) >= 11 is 0. The van der Waals surface area contributed by atoms with E-state index < -0.39 is 24.0 Å². The van der Waals surface area contributed by atoms with Crippen LogP contribution in [0.15, 0.2) is 16.9 Å². The molecule has 1 aromatic carbocycles. The highest BCUT2D eigenvalue weighted by molar-refractivity contribution is 5.85. The van der Waals surface area contributed by atoms with Crippen LogP contribution >= 0.6 is 0 Å². The first kappa shape index (κ1) is 13.8. The second kappa shape index (κ2) is 4.70. The highest BCUT2D eigenvalue weighted by Gasteiger charge is 2.31. The Morgan fingerprint density at radius 1 is 1.29 bits per heavy atom. The maximum atomic E-state index is 13.8. The van der Waals surface area contributed by atoms with E-state index in [-0.39, 0.29) is 5.69 Å². The van der Waals surface area contributed by atoms with E-state index in [2.05, 4.69) is 5.32 Å². The van der Waals surface area contributed by atoms with Crippen molar-refractivity contribution in [1.29, 1.82) is 0 Å². The van der Waals surface area contributed by atoms with Crippen LogP contribution in [0.25, 0.3) is 11.0 Å². The third-order valence-corrected chi connectivity index (χ3v) is 4.01. The maximum Gasteiger partial charge on any atom is 0.329 e. The number of piperidine rings is 1. The predicted octanol–water partition coefficient (Wildman–Crippen LogP) is 0.557. The molecule has 2 N–H and O–H groups in total. The average molecular weight is 293 g/mol. The number of carbonyl (C=O) groups excluding carboxylic acids is 1. The van der Waals surface area contributed by atoms with Crippen molar-refractivity contribution in [2.24, 2.45) is 7.05 Å². The van der Waals surface area contributed by atoms with Crippen molar-refractivity contribution >= 4 is 16.9 Å². The van der Waals surface area contributed by atoms with Gasteiger partial charge in [-0.2, -0.15) is 0 Å². The number of aryl methyl sites for hydroxylation is 2. The predicted molar refractivity (Wildman–Crippen MR) is 74.3 cm³/mol. The number of aliphatic hydroxyl groups is 1. The van der Waals surface area contributed by atoms with Crippen molar-refractivity contribution in [3.05, 3.63) is 34.0 Å². The Morgan fingerprint density at radius 2 is 2.00 bits per heavy atom. The Balaban J connectivity index is 2.23. The SMILES string of the molecule is Cc1cc2c(cc1F)n([C@@H]1CCC(O)NC1=O)c(=O)n2C. The summed E-state index contributed by atoms with van der Waals surface area (Å²) in [6.07, 6.45) is -0.201. The number of nitrogens with one attached hydrogen (secondary N) is 1. The molecule has 1 unspecified atom stereocenters. The van der Waals surface area contributed by atoms with E-state index in [0.717, 1.165) is 0 Å². The Hall–Kier alpha value is -2.15. The molecule has 1 aliphatic rings. The Bertz CT molecular complexity index is 793. The normalized spacial score (nSPS) is 22.6. The largest absolute Gasteiger partial charge is 0.374 e. The van der Waals surface area contributed by atoms with Gasteiger partial charge in [-0.3, -0.25) is 13.9 Å². The minimum absolute atomic E-state index is 0.335. The maximum absolute atomic E-state index is 13.8. The van der Waals surface area contributed by atoms with E-state index in [4.69, 9.17) is 0 Å². The smallest absolute Gasteiger partial charge is 0.329 e. The number of fused-ring (bicyclic) bond motifs is 1. The van der Waals surface area contributed by atoms with Crippen molar-refractivity contribution in [2.75, 3.05) is 0 Å². The fourth-order valence-electron chi connectivity index (χ4n) is 2.81. The van der Waals surface area contributed by atoms with Gasteiger partial charge in [-0.15, -0.1) is 0 Å². The van der Waals surface area contributed by atoms with Crippen molar-refractivity contribution in [3.63, 3.8) is 0 Å². The van der Waals surface area contributed by atoms with Crippen LogP contribution in [0.2, 0.25) is 0 Å². The monoisotopic (exact) mass is 293 g/mol. The summed E-state index contributed by atoms with van der Waals surface area (Å²) in [6, 6.07) is 2.15. The number of amides is 1. The summed E-state index contributed by atoms with van der Waals surface area (Å²) in [5.41, 5.74) is 1.05. The summed E-state index contributed by atoms with van der Waals surface area (Å²) in [5.74, 6) is -0.845. The molecular formula is C14H16FN3O3. The first-order valence-electron chi connectivity index (χ1n) is 6.75. The number of halogens is 1. The van der Waals surface area contributed by atoms with Crippen LogP contribution in [0.3, 0.4) is 0 Å². The molecule has 3 rings (SSSR count). The van der Waals surface area contributed by atoms with Gasteiger partial charge < -0.3 is 10.4 Å². The molecule has 21 heavy (non-hydrogen) atoms. The molecule has 1 aliphatic heterocycles. The Morgan fingerprint density at radius 3 is 2.67 bits per heavy atom. The lowest BCUT2D eigenvalue weighted by atomic mass is 10.0. The molecule has 1 amide bonds. The fourth-order valence-corrected chi connectivity index (χ4v) is 2.81. The van der Waals surface area contributed by atoms with Crippen LogP contribution in [-0.2, 0) is 11.8 Å². The van der Waals surface area contributed by atoms with Gasteiger partial charge in [0, 0.05) is 13.1 Å². The Kier molecular flexibility index (Phi) is 3.09. The number of carbonyl (C=O) groups is 1. The van der Waals surface area contributed by atoms with Gasteiger partial charge in [0.2, 0.25) is 5.91 Å². The van der Waals surface area contributed by atoms with E-state index >= 15 is 0 Å². The van der Waals surface area contributed by atoms with Gasteiger partial charge in [0.1, 0.15) is 18.1 Å². The van der Waals surface area contributed by atoms with Gasteiger partial charge in [0.15, 0.2) is 0 Å². The average Bonchev–Trinajstić information content (AvgIpc) is 2.64. The topological polar surface area (TPSA) is 76.3 Å². The third kappa shape index (κ3) is 2.04.